The summed E-state index contributed by atoms with van der Waals surface area (Å²) in [5.41, 5.74) is 2.36. The maximum atomic E-state index is 5.81. The van der Waals surface area contributed by atoms with Crippen molar-refractivity contribution in [3.63, 3.8) is 0 Å². The Bertz CT molecular complexity index is 588. The van der Waals surface area contributed by atoms with E-state index < -0.39 is 0 Å². The van der Waals surface area contributed by atoms with Crippen molar-refractivity contribution >= 4 is 11.3 Å². The van der Waals surface area contributed by atoms with Gasteiger partial charge in [-0.1, -0.05) is 6.07 Å². The Morgan fingerprint density at radius 3 is 2.91 bits per heavy atom. The van der Waals surface area contributed by atoms with Crippen LogP contribution in [-0.2, 0) is 11.3 Å². The predicted octanol–water partition coefficient (Wildman–Crippen LogP) is 2.73. The Morgan fingerprint density at radius 2 is 2.22 bits per heavy atom. The first-order valence-electron chi connectivity index (χ1n) is 8.30. The van der Waals surface area contributed by atoms with E-state index in [1.807, 2.05) is 6.20 Å². The normalized spacial score (nSPS) is 24.0. The molecule has 1 aliphatic heterocycles. The minimum absolute atomic E-state index is 0.320. The molecule has 0 bridgehead atoms. The maximum absolute atomic E-state index is 5.81. The summed E-state index contributed by atoms with van der Waals surface area (Å²) >= 11 is 1.74. The highest BCUT2D eigenvalue weighted by atomic mass is 32.1. The lowest BCUT2D eigenvalue weighted by atomic mass is 10.1. The van der Waals surface area contributed by atoms with Crippen molar-refractivity contribution in [2.45, 2.75) is 45.6 Å². The summed E-state index contributed by atoms with van der Waals surface area (Å²) in [4.78, 5) is 3.75. The van der Waals surface area contributed by atoms with Gasteiger partial charge in [0.15, 0.2) is 0 Å². The zero-order valence-electron chi connectivity index (χ0n) is 14.1. The van der Waals surface area contributed by atoms with Gasteiger partial charge < -0.3 is 10.1 Å². The van der Waals surface area contributed by atoms with Gasteiger partial charge in [-0.25, -0.2) is 0 Å². The third-order valence-electron chi connectivity index (χ3n) is 4.31. The van der Waals surface area contributed by atoms with Crippen molar-refractivity contribution in [1.29, 1.82) is 0 Å². The van der Waals surface area contributed by atoms with Crippen molar-refractivity contribution in [2.24, 2.45) is 0 Å². The lowest BCUT2D eigenvalue weighted by Crippen LogP contribution is -2.51. The molecule has 2 aromatic heterocycles. The van der Waals surface area contributed by atoms with E-state index in [-0.39, 0.29) is 0 Å². The summed E-state index contributed by atoms with van der Waals surface area (Å²) in [6.07, 6.45) is 2.56. The molecule has 2 aromatic rings. The fourth-order valence-corrected chi connectivity index (χ4v) is 3.96. The van der Waals surface area contributed by atoms with E-state index in [0.29, 0.717) is 18.2 Å². The van der Waals surface area contributed by atoms with Crippen LogP contribution in [0.2, 0.25) is 0 Å². The molecule has 23 heavy (non-hydrogen) atoms. The third kappa shape index (κ3) is 4.20. The van der Waals surface area contributed by atoms with Gasteiger partial charge in [0.25, 0.3) is 0 Å². The van der Waals surface area contributed by atoms with E-state index >= 15 is 0 Å². The zero-order valence-corrected chi connectivity index (χ0v) is 14.9. The Labute approximate surface area is 142 Å². The van der Waals surface area contributed by atoms with Crippen LogP contribution < -0.4 is 5.32 Å². The molecule has 0 aliphatic carbocycles. The number of rotatable bonds is 6. The minimum Gasteiger partial charge on any atom is -0.373 e. The number of aromatic nitrogens is 2. The average Bonchev–Trinajstić information content (AvgIpc) is 3.16. The maximum Gasteiger partial charge on any atom is 0.0794 e. The van der Waals surface area contributed by atoms with Crippen LogP contribution in [-0.4, -0.2) is 53.0 Å². The quantitative estimate of drug-likeness (QED) is 0.853. The van der Waals surface area contributed by atoms with Gasteiger partial charge in [-0.3, -0.25) is 10.00 Å². The number of thiophene rings is 1. The van der Waals surface area contributed by atoms with Gasteiger partial charge in [0.05, 0.1) is 29.0 Å². The first kappa shape index (κ1) is 16.6. The summed E-state index contributed by atoms with van der Waals surface area (Å²) in [5.74, 6) is 0. The van der Waals surface area contributed by atoms with Crippen LogP contribution in [0.5, 0.6) is 0 Å². The highest BCUT2D eigenvalue weighted by Gasteiger charge is 2.25. The first-order valence-corrected chi connectivity index (χ1v) is 9.17. The predicted molar refractivity (Wildman–Crippen MR) is 94.7 cm³/mol. The standard InChI is InChI=1S/C17H26N4OS/c1-12(21-10-13(2)22-14(3)11-21)7-18-8-15-9-19-20-17(15)16-5-4-6-23-16/h4-6,9,12-14,18H,7-8,10-11H2,1-3H3,(H,19,20)/t12-,13-,14-/m1/s1. The van der Waals surface area contributed by atoms with E-state index in [2.05, 4.69) is 58.7 Å². The smallest absolute Gasteiger partial charge is 0.0794 e. The van der Waals surface area contributed by atoms with Gasteiger partial charge in [0, 0.05) is 37.8 Å². The van der Waals surface area contributed by atoms with Crippen LogP contribution in [0.3, 0.4) is 0 Å². The van der Waals surface area contributed by atoms with Crippen molar-refractivity contribution < 1.29 is 4.74 Å². The molecule has 3 rings (SSSR count). The molecule has 0 spiro atoms. The van der Waals surface area contributed by atoms with Gasteiger partial charge in [0.1, 0.15) is 0 Å². The Hall–Kier alpha value is -1.21. The second-order valence-electron chi connectivity index (χ2n) is 6.44. The third-order valence-corrected chi connectivity index (χ3v) is 5.20. The summed E-state index contributed by atoms with van der Waals surface area (Å²) in [5, 5.41) is 13.0. The van der Waals surface area contributed by atoms with Gasteiger partial charge in [-0.05, 0) is 32.2 Å². The van der Waals surface area contributed by atoms with Crippen LogP contribution in [0, 0.1) is 0 Å². The van der Waals surface area contributed by atoms with Gasteiger partial charge in [0.2, 0.25) is 0 Å². The molecule has 1 aliphatic rings. The van der Waals surface area contributed by atoms with Crippen LogP contribution >= 0.6 is 11.3 Å². The number of morpholine rings is 1. The van der Waals surface area contributed by atoms with Crippen LogP contribution in [0.15, 0.2) is 23.7 Å². The zero-order chi connectivity index (χ0) is 16.2. The fraction of sp³-hybridized carbons (Fsp3) is 0.588. The second kappa shape index (κ2) is 7.57. The molecular formula is C17H26N4OS. The van der Waals surface area contributed by atoms with Crippen LogP contribution in [0.1, 0.15) is 26.3 Å². The molecule has 0 unspecified atom stereocenters. The van der Waals surface area contributed by atoms with Crippen molar-refractivity contribution in [1.82, 2.24) is 20.4 Å². The lowest BCUT2D eigenvalue weighted by Gasteiger charge is -2.39. The summed E-state index contributed by atoms with van der Waals surface area (Å²) in [6.45, 7) is 10.4. The van der Waals surface area contributed by atoms with Crippen molar-refractivity contribution in [3.05, 3.63) is 29.3 Å². The molecule has 126 valence electrons. The van der Waals surface area contributed by atoms with E-state index in [9.17, 15) is 0 Å². The lowest BCUT2D eigenvalue weighted by molar-refractivity contribution is -0.0781. The molecule has 1 saturated heterocycles. The molecule has 3 atom stereocenters. The summed E-state index contributed by atoms with van der Waals surface area (Å²) in [6, 6.07) is 4.70. The molecule has 1 fully saturated rings. The fourth-order valence-electron chi connectivity index (χ4n) is 3.20. The van der Waals surface area contributed by atoms with Gasteiger partial charge >= 0.3 is 0 Å². The Balaban J connectivity index is 1.51. The number of nitrogens with zero attached hydrogens (tertiary/aromatic N) is 2. The van der Waals surface area contributed by atoms with Gasteiger partial charge in [-0.2, -0.15) is 5.10 Å². The molecule has 2 N–H and O–H groups in total. The van der Waals surface area contributed by atoms with E-state index in [0.717, 1.165) is 31.9 Å². The number of hydrogen-bond acceptors (Lipinski definition) is 5. The largest absolute Gasteiger partial charge is 0.373 e. The van der Waals surface area contributed by atoms with Crippen LogP contribution in [0.4, 0.5) is 0 Å². The SMILES string of the molecule is C[C@@H]1CN([C@H](C)CNCc2cn[nH]c2-c2cccs2)C[C@@H](C)O1. The van der Waals surface area contributed by atoms with E-state index in [4.69, 9.17) is 4.74 Å². The number of nitrogens with one attached hydrogen (secondary N) is 2. The highest BCUT2D eigenvalue weighted by Crippen LogP contribution is 2.25. The average molecular weight is 334 g/mol. The topological polar surface area (TPSA) is 53.2 Å². The number of H-pyrrole nitrogens is 1. The Morgan fingerprint density at radius 1 is 1.43 bits per heavy atom. The molecule has 6 heteroatoms. The summed E-state index contributed by atoms with van der Waals surface area (Å²) in [7, 11) is 0. The summed E-state index contributed by atoms with van der Waals surface area (Å²) < 4.78 is 5.81. The molecule has 0 amide bonds. The molecule has 3 heterocycles. The minimum atomic E-state index is 0.320. The number of aromatic amines is 1. The highest BCUT2D eigenvalue weighted by molar-refractivity contribution is 7.13. The molecule has 0 saturated carbocycles. The monoisotopic (exact) mass is 334 g/mol. The van der Waals surface area contributed by atoms with Crippen LogP contribution in [0.25, 0.3) is 10.6 Å². The van der Waals surface area contributed by atoms with Gasteiger partial charge in [-0.15, -0.1) is 11.3 Å². The van der Waals surface area contributed by atoms with Crippen molar-refractivity contribution in [3.8, 4) is 10.6 Å². The van der Waals surface area contributed by atoms with E-state index in [1.165, 1.54) is 10.4 Å². The number of ether oxygens (including phenoxy) is 1. The van der Waals surface area contributed by atoms with E-state index in [1.54, 1.807) is 11.3 Å². The molecular weight excluding hydrogens is 308 g/mol. The molecule has 0 aromatic carbocycles. The molecule has 5 nitrogen and oxygen atoms in total. The second-order valence-corrected chi connectivity index (χ2v) is 7.39. The van der Waals surface area contributed by atoms with Crippen molar-refractivity contribution in [2.75, 3.05) is 19.6 Å². The first-order chi connectivity index (χ1) is 11.1. The number of hydrogen-bond donors (Lipinski definition) is 2. The molecule has 0 radical (unpaired) electrons. The Kier molecular flexibility index (Phi) is 5.48.